The number of methoxy groups -OCH3 is 2. The summed E-state index contributed by atoms with van der Waals surface area (Å²) in [6.45, 7) is 0.802. The van der Waals surface area contributed by atoms with Gasteiger partial charge in [-0.1, -0.05) is 0 Å². The van der Waals surface area contributed by atoms with Crippen LogP contribution in [0.2, 0.25) is 0 Å². The summed E-state index contributed by atoms with van der Waals surface area (Å²) >= 11 is 0. The molecule has 3 nitrogen and oxygen atoms in total. The molecule has 1 aromatic carbocycles. The first-order valence-electron chi connectivity index (χ1n) is 4.18. The molecule has 0 spiro atoms. The van der Waals surface area contributed by atoms with Crippen molar-refractivity contribution in [1.82, 2.24) is 0 Å². The van der Waals surface area contributed by atoms with Gasteiger partial charge in [0.1, 0.15) is 17.6 Å². The first-order valence-corrected chi connectivity index (χ1v) is 4.18. The van der Waals surface area contributed by atoms with Crippen molar-refractivity contribution >= 4 is 0 Å². The molecule has 1 fully saturated rings. The van der Waals surface area contributed by atoms with Crippen molar-refractivity contribution in [2.24, 2.45) is 0 Å². The van der Waals surface area contributed by atoms with E-state index < -0.39 is 0 Å². The molecule has 1 aliphatic heterocycles. The molecule has 2 rings (SSSR count). The molecule has 1 aliphatic rings. The molecule has 0 N–H and O–H groups in total. The van der Waals surface area contributed by atoms with Crippen LogP contribution in [0.15, 0.2) is 18.2 Å². The van der Waals surface area contributed by atoms with E-state index in [1.54, 1.807) is 14.2 Å². The average molecular weight is 180 g/mol. The minimum Gasteiger partial charge on any atom is -0.497 e. The first kappa shape index (κ1) is 8.38. The van der Waals surface area contributed by atoms with Crippen molar-refractivity contribution in [2.75, 3.05) is 20.8 Å². The Bertz CT molecular complexity index is 283. The van der Waals surface area contributed by atoms with Gasteiger partial charge in [-0.15, -0.1) is 0 Å². The van der Waals surface area contributed by atoms with Crippen LogP contribution >= 0.6 is 0 Å². The molecule has 0 bridgehead atoms. The molecule has 3 heteroatoms. The number of rotatable bonds is 3. The van der Waals surface area contributed by atoms with E-state index in [9.17, 15) is 0 Å². The second-order valence-electron chi connectivity index (χ2n) is 2.97. The zero-order chi connectivity index (χ0) is 9.26. The van der Waals surface area contributed by atoms with Crippen LogP contribution in [0.25, 0.3) is 0 Å². The minimum absolute atomic E-state index is 0.240. The van der Waals surface area contributed by atoms with Gasteiger partial charge in [-0.05, 0) is 17.7 Å². The third-order valence-corrected chi connectivity index (χ3v) is 2.08. The van der Waals surface area contributed by atoms with Crippen molar-refractivity contribution in [2.45, 2.75) is 6.10 Å². The van der Waals surface area contributed by atoms with E-state index >= 15 is 0 Å². The molecule has 0 radical (unpaired) electrons. The van der Waals surface area contributed by atoms with Gasteiger partial charge in [-0.3, -0.25) is 0 Å². The fraction of sp³-hybridized carbons (Fsp3) is 0.400. The van der Waals surface area contributed by atoms with E-state index in [4.69, 9.17) is 14.2 Å². The Balaban J connectivity index is 2.33. The van der Waals surface area contributed by atoms with Crippen LogP contribution in [-0.4, -0.2) is 20.8 Å². The maximum Gasteiger partial charge on any atom is 0.122 e. The summed E-state index contributed by atoms with van der Waals surface area (Å²) in [5.41, 5.74) is 1.12. The number of epoxide rings is 1. The predicted molar refractivity (Wildman–Crippen MR) is 48.2 cm³/mol. The zero-order valence-electron chi connectivity index (χ0n) is 7.74. The number of hydrogen-bond acceptors (Lipinski definition) is 3. The minimum atomic E-state index is 0.240. The second kappa shape index (κ2) is 3.26. The van der Waals surface area contributed by atoms with Crippen molar-refractivity contribution in [1.29, 1.82) is 0 Å². The Morgan fingerprint density at radius 1 is 1.15 bits per heavy atom. The summed E-state index contributed by atoms with van der Waals surface area (Å²) in [5.74, 6) is 1.62. The second-order valence-corrected chi connectivity index (χ2v) is 2.97. The van der Waals surface area contributed by atoms with Gasteiger partial charge in [-0.2, -0.15) is 0 Å². The van der Waals surface area contributed by atoms with Crippen LogP contribution in [0.4, 0.5) is 0 Å². The van der Waals surface area contributed by atoms with Crippen molar-refractivity contribution in [3.63, 3.8) is 0 Å². The molecule has 13 heavy (non-hydrogen) atoms. The van der Waals surface area contributed by atoms with Crippen molar-refractivity contribution in [3.05, 3.63) is 23.8 Å². The van der Waals surface area contributed by atoms with Gasteiger partial charge >= 0.3 is 0 Å². The van der Waals surface area contributed by atoms with Gasteiger partial charge in [0.25, 0.3) is 0 Å². The SMILES string of the molecule is COc1cc(OC)cc([C@@H]2CO2)c1. The van der Waals surface area contributed by atoms with Crippen LogP contribution in [0.3, 0.4) is 0 Å². The molecule has 1 heterocycles. The quantitative estimate of drug-likeness (QED) is 0.664. The molecule has 70 valence electrons. The largest absolute Gasteiger partial charge is 0.497 e. The van der Waals surface area contributed by atoms with E-state index in [2.05, 4.69) is 0 Å². The summed E-state index contributed by atoms with van der Waals surface area (Å²) in [4.78, 5) is 0. The van der Waals surface area contributed by atoms with Crippen LogP contribution in [0.1, 0.15) is 11.7 Å². The Labute approximate surface area is 77.2 Å². The molecule has 0 saturated carbocycles. The Morgan fingerprint density at radius 3 is 2.08 bits per heavy atom. The monoisotopic (exact) mass is 180 g/mol. The van der Waals surface area contributed by atoms with Gasteiger partial charge in [0.15, 0.2) is 0 Å². The highest BCUT2D eigenvalue weighted by molar-refractivity contribution is 5.40. The average Bonchev–Trinajstić information content (AvgIpc) is 3.00. The molecular formula is C10H12O3. The lowest BCUT2D eigenvalue weighted by molar-refractivity contribution is 0.387. The maximum absolute atomic E-state index is 5.18. The summed E-state index contributed by atoms with van der Waals surface area (Å²) in [7, 11) is 3.29. The highest BCUT2D eigenvalue weighted by Gasteiger charge is 2.25. The lowest BCUT2D eigenvalue weighted by Crippen LogP contribution is -1.90. The van der Waals surface area contributed by atoms with E-state index in [0.29, 0.717) is 0 Å². The highest BCUT2D eigenvalue weighted by Crippen LogP contribution is 2.34. The molecule has 0 aromatic heterocycles. The lowest BCUT2D eigenvalue weighted by Gasteiger charge is -2.06. The number of hydrogen-bond donors (Lipinski definition) is 0. The van der Waals surface area contributed by atoms with E-state index in [1.165, 1.54) is 0 Å². The van der Waals surface area contributed by atoms with Gasteiger partial charge in [0, 0.05) is 6.07 Å². The molecule has 0 aliphatic carbocycles. The normalized spacial score (nSPS) is 19.7. The lowest BCUT2D eigenvalue weighted by atomic mass is 10.1. The van der Waals surface area contributed by atoms with Crippen LogP contribution in [-0.2, 0) is 4.74 Å². The topological polar surface area (TPSA) is 31.0 Å². The van der Waals surface area contributed by atoms with Gasteiger partial charge in [-0.25, -0.2) is 0 Å². The zero-order valence-corrected chi connectivity index (χ0v) is 7.74. The van der Waals surface area contributed by atoms with Crippen LogP contribution in [0.5, 0.6) is 11.5 Å². The van der Waals surface area contributed by atoms with Crippen molar-refractivity contribution < 1.29 is 14.2 Å². The van der Waals surface area contributed by atoms with E-state index in [0.717, 1.165) is 23.7 Å². The smallest absolute Gasteiger partial charge is 0.122 e. The number of ether oxygens (including phenoxy) is 3. The summed E-state index contributed by atoms with van der Waals surface area (Å²) < 4.78 is 15.5. The molecule has 1 atom stereocenters. The van der Waals surface area contributed by atoms with Gasteiger partial charge in [0.05, 0.1) is 20.8 Å². The third kappa shape index (κ3) is 1.75. The number of benzene rings is 1. The molecular weight excluding hydrogens is 168 g/mol. The molecule has 1 aromatic rings. The highest BCUT2D eigenvalue weighted by atomic mass is 16.6. The summed E-state index contributed by atoms with van der Waals surface area (Å²) in [6.07, 6.45) is 0.240. The Hall–Kier alpha value is -1.22. The fourth-order valence-electron chi connectivity index (χ4n) is 1.26. The van der Waals surface area contributed by atoms with E-state index in [1.807, 2.05) is 18.2 Å². The van der Waals surface area contributed by atoms with Crippen LogP contribution in [0, 0.1) is 0 Å². The molecule has 0 unspecified atom stereocenters. The first-order chi connectivity index (χ1) is 6.33. The molecule has 0 amide bonds. The van der Waals surface area contributed by atoms with Gasteiger partial charge in [0.2, 0.25) is 0 Å². The fourth-order valence-corrected chi connectivity index (χ4v) is 1.26. The summed E-state index contributed by atoms with van der Waals surface area (Å²) in [5, 5.41) is 0. The Morgan fingerprint density at radius 2 is 1.69 bits per heavy atom. The maximum atomic E-state index is 5.18. The van der Waals surface area contributed by atoms with Gasteiger partial charge < -0.3 is 14.2 Å². The Kier molecular flexibility index (Phi) is 2.10. The van der Waals surface area contributed by atoms with Crippen molar-refractivity contribution in [3.8, 4) is 11.5 Å². The third-order valence-electron chi connectivity index (χ3n) is 2.08. The van der Waals surface area contributed by atoms with E-state index in [-0.39, 0.29) is 6.10 Å². The predicted octanol–water partition coefficient (Wildman–Crippen LogP) is 1.78. The summed E-state index contributed by atoms with van der Waals surface area (Å²) in [6, 6.07) is 5.80. The standard InChI is InChI=1S/C10H12O3/c1-11-8-3-7(10-6-13-10)4-9(5-8)12-2/h3-5,10H,6H2,1-2H3/t10-/m0/s1. The molecule has 1 saturated heterocycles. The van der Waals surface area contributed by atoms with Crippen LogP contribution < -0.4 is 9.47 Å².